The zero-order valence-electron chi connectivity index (χ0n) is 4.96. The lowest BCUT2D eigenvalue weighted by atomic mass is 10.2. The molecular formula is C6H7NOS. The molecule has 0 saturated carbocycles. The lowest BCUT2D eigenvalue weighted by Crippen LogP contribution is -2.18. The summed E-state index contributed by atoms with van der Waals surface area (Å²) >= 11 is 1.30. The first-order valence-corrected chi connectivity index (χ1v) is 3.86. The lowest BCUT2D eigenvalue weighted by molar-refractivity contribution is -0.111. The minimum absolute atomic E-state index is 0.0660. The van der Waals surface area contributed by atoms with Crippen molar-refractivity contribution in [1.82, 2.24) is 0 Å². The Morgan fingerprint density at radius 2 is 2.56 bits per heavy atom. The van der Waals surface area contributed by atoms with Gasteiger partial charge in [0.15, 0.2) is 0 Å². The summed E-state index contributed by atoms with van der Waals surface area (Å²) in [6.07, 6.45) is 1.79. The molecule has 9 heavy (non-hydrogen) atoms. The lowest BCUT2D eigenvalue weighted by Gasteiger charge is -2.08. The third kappa shape index (κ3) is 1.46. The molecule has 0 aromatic carbocycles. The normalized spacial score (nSPS) is 27.4. The molecule has 0 aromatic rings. The van der Waals surface area contributed by atoms with Crippen LogP contribution in [0.2, 0.25) is 0 Å². The van der Waals surface area contributed by atoms with Crippen LogP contribution in [0, 0.1) is 6.57 Å². The second-order valence-corrected chi connectivity index (χ2v) is 3.05. The molecule has 1 heterocycles. The van der Waals surface area contributed by atoms with Crippen molar-refractivity contribution >= 4 is 16.9 Å². The van der Waals surface area contributed by atoms with Crippen molar-refractivity contribution < 1.29 is 4.79 Å². The maximum absolute atomic E-state index is 10.8. The summed E-state index contributed by atoms with van der Waals surface area (Å²) in [7, 11) is 0. The highest BCUT2D eigenvalue weighted by molar-refractivity contribution is 8.13. The number of thioether (sulfide) groups is 1. The van der Waals surface area contributed by atoms with E-state index in [2.05, 4.69) is 4.85 Å². The van der Waals surface area contributed by atoms with Crippen LogP contribution in [-0.2, 0) is 4.79 Å². The topological polar surface area (TPSA) is 21.4 Å². The molecule has 0 aromatic heterocycles. The summed E-state index contributed by atoms with van der Waals surface area (Å²) in [5.41, 5.74) is 0. The average Bonchev–Trinajstić information content (AvgIpc) is 1.89. The molecule has 1 aliphatic rings. The van der Waals surface area contributed by atoms with Gasteiger partial charge in [-0.25, -0.2) is 6.57 Å². The van der Waals surface area contributed by atoms with Crippen molar-refractivity contribution in [2.45, 2.75) is 18.9 Å². The van der Waals surface area contributed by atoms with Gasteiger partial charge in [0.2, 0.25) is 0 Å². The Labute approximate surface area is 58.4 Å². The fourth-order valence-corrected chi connectivity index (χ4v) is 1.66. The molecule has 1 aliphatic heterocycles. The summed E-state index contributed by atoms with van der Waals surface area (Å²) in [6, 6.07) is -0.330. The van der Waals surface area contributed by atoms with E-state index in [1.807, 2.05) is 0 Å². The molecule has 1 unspecified atom stereocenters. The smallest absolute Gasteiger partial charge is 0.290 e. The molecular weight excluding hydrogens is 134 g/mol. The molecule has 0 aliphatic carbocycles. The molecule has 3 heteroatoms. The molecule has 0 amide bonds. The highest BCUT2D eigenvalue weighted by atomic mass is 32.2. The van der Waals surface area contributed by atoms with Crippen molar-refractivity contribution in [3.63, 3.8) is 0 Å². The van der Waals surface area contributed by atoms with Gasteiger partial charge in [0.05, 0.1) is 0 Å². The van der Waals surface area contributed by atoms with E-state index in [9.17, 15) is 4.79 Å². The highest BCUT2D eigenvalue weighted by Gasteiger charge is 2.26. The standard InChI is InChI=1S/C6H7NOS/c1-7-5-3-2-4-9-6(5)8/h5H,2-4H2. The number of carbonyl (C=O) groups excluding carboxylic acids is 1. The predicted octanol–water partition coefficient (Wildman–Crippen LogP) is 1.33. The van der Waals surface area contributed by atoms with Gasteiger partial charge in [0.1, 0.15) is 0 Å². The first kappa shape index (κ1) is 6.63. The molecule has 2 nitrogen and oxygen atoms in total. The summed E-state index contributed by atoms with van der Waals surface area (Å²) in [5, 5.41) is 0.0660. The summed E-state index contributed by atoms with van der Waals surface area (Å²) < 4.78 is 0. The van der Waals surface area contributed by atoms with E-state index < -0.39 is 0 Å². The van der Waals surface area contributed by atoms with Crippen LogP contribution in [0.1, 0.15) is 12.8 Å². The van der Waals surface area contributed by atoms with E-state index in [1.165, 1.54) is 11.8 Å². The fraction of sp³-hybridized carbons (Fsp3) is 0.667. The molecule has 0 radical (unpaired) electrons. The van der Waals surface area contributed by atoms with Crippen molar-refractivity contribution in [3.05, 3.63) is 11.4 Å². The zero-order chi connectivity index (χ0) is 6.69. The third-order valence-corrected chi connectivity index (χ3v) is 2.34. The monoisotopic (exact) mass is 141 g/mol. The van der Waals surface area contributed by atoms with E-state index in [0.29, 0.717) is 0 Å². The SMILES string of the molecule is [C-]#[N+]C1CCCSC1=O. The number of nitrogens with zero attached hydrogens (tertiary/aromatic N) is 1. The molecule has 0 N–H and O–H groups in total. The quantitative estimate of drug-likeness (QED) is 0.474. The molecule has 1 saturated heterocycles. The van der Waals surface area contributed by atoms with E-state index in [0.717, 1.165) is 18.6 Å². The van der Waals surface area contributed by atoms with E-state index in [-0.39, 0.29) is 11.2 Å². The van der Waals surface area contributed by atoms with Gasteiger partial charge in [0, 0.05) is 12.2 Å². The van der Waals surface area contributed by atoms with Gasteiger partial charge in [-0.15, -0.1) is 0 Å². The maximum Gasteiger partial charge on any atom is 0.290 e. The van der Waals surface area contributed by atoms with Crippen molar-refractivity contribution in [2.24, 2.45) is 0 Å². The Morgan fingerprint density at radius 1 is 1.78 bits per heavy atom. The zero-order valence-corrected chi connectivity index (χ0v) is 5.78. The highest BCUT2D eigenvalue weighted by Crippen LogP contribution is 2.20. The third-order valence-electron chi connectivity index (χ3n) is 1.29. The predicted molar refractivity (Wildman–Crippen MR) is 37.1 cm³/mol. The van der Waals surface area contributed by atoms with E-state index >= 15 is 0 Å². The molecule has 48 valence electrons. The van der Waals surface area contributed by atoms with Gasteiger partial charge in [-0.05, 0) is 6.42 Å². The largest absolute Gasteiger partial charge is 0.304 e. The van der Waals surface area contributed by atoms with Gasteiger partial charge < -0.3 is 4.85 Å². The van der Waals surface area contributed by atoms with E-state index in [1.54, 1.807) is 0 Å². The first-order chi connectivity index (χ1) is 4.34. The van der Waals surface area contributed by atoms with Crippen LogP contribution in [0.5, 0.6) is 0 Å². The fourth-order valence-electron chi connectivity index (χ4n) is 0.781. The molecule has 0 bridgehead atoms. The van der Waals surface area contributed by atoms with Crippen LogP contribution in [0.4, 0.5) is 0 Å². The maximum atomic E-state index is 10.8. The number of hydrogen-bond donors (Lipinski definition) is 0. The van der Waals surface area contributed by atoms with Gasteiger partial charge in [-0.1, -0.05) is 11.8 Å². The Balaban J connectivity index is 2.51. The molecule has 1 atom stereocenters. The van der Waals surface area contributed by atoms with Gasteiger partial charge in [-0.2, -0.15) is 0 Å². The number of rotatable bonds is 0. The van der Waals surface area contributed by atoms with Gasteiger partial charge >= 0.3 is 0 Å². The summed E-state index contributed by atoms with van der Waals surface area (Å²) in [6.45, 7) is 6.62. The van der Waals surface area contributed by atoms with Crippen LogP contribution >= 0.6 is 11.8 Å². The number of carbonyl (C=O) groups is 1. The Bertz CT molecular complexity index is 161. The van der Waals surface area contributed by atoms with Crippen LogP contribution in [0.25, 0.3) is 4.85 Å². The Hall–Kier alpha value is -0.490. The van der Waals surface area contributed by atoms with Crippen molar-refractivity contribution in [2.75, 3.05) is 5.75 Å². The summed E-state index contributed by atoms with van der Waals surface area (Å²) in [5.74, 6) is 0.908. The van der Waals surface area contributed by atoms with Crippen LogP contribution in [-0.4, -0.2) is 16.9 Å². The van der Waals surface area contributed by atoms with Crippen LogP contribution in [0.15, 0.2) is 0 Å². The number of hydrogen-bond acceptors (Lipinski definition) is 2. The minimum atomic E-state index is -0.330. The van der Waals surface area contributed by atoms with Crippen molar-refractivity contribution in [3.8, 4) is 0 Å². The average molecular weight is 141 g/mol. The first-order valence-electron chi connectivity index (χ1n) is 2.88. The second-order valence-electron chi connectivity index (χ2n) is 1.95. The minimum Gasteiger partial charge on any atom is -0.304 e. The molecule has 1 fully saturated rings. The molecule has 1 rings (SSSR count). The Kier molecular flexibility index (Phi) is 2.12. The second kappa shape index (κ2) is 2.88. The van der Waals surface area contributed by atoms with Gasteiger partial charge in [-0.3, -0.25) is 4.79 Å². The Morgan fingerprint density at radius 3 is 3.00 bits per heavy atom. The van der Waals surface area contributed by atoms with Crippen LogP contribution in [0.3, 0.4) is 0 Å². The van der Waals surface area contributed by atoms with Gasteiger partial charge in [0.25, 0.3) is 11.2 Å². The molecule has 0 spiro atoms. The summed E-state index contributed by atoms with van der Waals surface area (Å²) in [4.78, 5) is 14.0. The van der Waals surface area contributed by atoms with Crippen LogP contribution < -0.4 is 0 Å². The van der Waals surface area contributed by atoms with Crippen molar-refractivity contribution in [1.29, 1.82) is 0 Å². The van der Waals surface area contributed by atoms with E-state index in [4.69, 9.17) is 6.57 Å².